The second-order valence-electron chi connectivity index (χ2n) is 4.42. The fourth-order valence-electron chi connectivity index (χ4n) is 1.96. The molecule has 1 aliphatic heterocycles. The van der Waals surface area contributed by atoms with Gasteiger partial charge in [0.2, 0.25) is 0 Å². The van der Waals surface area contributed by atoms with E-state index in [9.17, 15) is 19.7 Å². The van der Waals surface area contributed by atoms with Crippen LogP contribution < -0.4 is 5.32 Å². The van der Waals surface area contributed by atoms with Crippen molar-refractivity contribution in [1.29, 1.82) is 5.26 Å². The molecule has 0 bridgehead atoms. The monoisotopic (exact) mass is 380 g/mol. The van der Waals surface area contributed by atoms with Gasteiger partial charge in [-0.25, -0.2) is 0 Å². The molecule has 1 aromatic carbocycles. The quantitative estimate of drug-likeness (QED) is 0.439. The van der Waals surface area contributed by atoms with Crippen molar-refractivity contribution in [3.05, 3.63) is 44.1 Å². The summed E-state index contributed by atoms with van der Waals surface area (Å²) < 4.78 is 0.199. The fourth-order valence-corrected chi connectivity index (χ4v) is 2.50. The number of amides is 2. The van der Waals surface area contributed by atoms with Gasteiger partial charge in [-0.15, -0.1) is 0 Å². The van der Waals surface area contributed by atoms with Crippen molar-refractivity contribution in [3.63, 3.8) is 0 Å². The van der Waals surface area contributed by atoms with Crippen molar-refractivity contribution in [1.82, 2.24) is 4.90 Å². The summed E-state index contributed by atoms with van der Waals surface area (Å²) in [5, 5.41) is 31.4. The minimum absolute atomic E-state index is 0.0622. The molecule has 23 heavy (non-hydrogen) atoms. The van der Waals surface area contributed by atoms with Gasteiger partial charge in [-0.2, -0.15) is 5.26 Å². The van der Waals surface area contributed by atoms with Gasteiger partial charge in [-0.1, -0.05) is 0 Å². The highest BCUT2D eigenvalue weighted by Gasteiger charge is 2.31. The molecule has 0 aliphatic carbocycles. The molecular formula is C13H9BrN4O5. The number of imide groups is 1. The predicted octanol–water partition coefficient (Wildman–Crippen LogP) is 0.886. The third-order valence-corrected chi connectivity index (χ3v) is 3.62. The van der Waals surface area contributed by atoms with Crippen LogP contribution >= 0.6 is 15.9 Å². The minimum atomic E-state index is -0.654. The first kappa shape index (κ1) is 16.6. The van der Waals surface area contributed by atoms with E-state index in [-0.39, 0.29) is 40.3 Å². The van der Waals surface area contributed by atoms with Gasteiger partial charge >= 0.3 is 0 Å². The van der Waals surface area contributed by atoms with E-state index in [1.807, 2.05) is 0 Å². The SMILES string of the molecule is N#Cc1cc([N+](=O)[O-])cc(Br)c1NC1=CC(=O)N(CCO)C1=O. The summed E-state index contributed by atoms with van der Waals surface area (Å²) in [5.74, 6) is -1.25. The number of β-amino-alcohol motifs (C(OH)–C–C–N with tert-alkyl or cyclic N) is 1. The molecule has 0 unspecified atom stereocenters. The molecule has 2 N–H and O–H groups in total. The summed E-state index contributed by atoms with van der Waals surface area (Å²) in [5.41, 5.74) is -0.303. The minimum Gasteiger partial charge on any atom is -0.395 e. The number of nitriles is 1. The molecule has 1 aromatic rings. The van der Waals surface area contributed by atoms with E-state index in [1.165, 1.54) is 6.07 Å². The third kappa shape index (κ3) is 3.20. The maximum absolute atomic E-state index is 12.1. The molecule has 0 spiro atoms. The van der Waals surface area contributed by atoms with Crippen LogP contribution in [0, 0.1) is 21.4 Å². The van der Waals surface area contributed by atoms with Crippen LogP contribution in [0.25, 0.3) is 0 Å². The number of nitrogens with zero attached hydrogens (tertiary/aromatic N) is 3. The molecule has 0 atom stereocenters. The van der Waals surface area contributed by atoms with Gasteiger partial charge in [-0.3, -0.25) is 24.6 Å². The van der Waals surface area contributed by atoms with Crippen LogP contribution in [0.3, 0.4) is 0 Å². The highest BCUT2D eigenvalue weighted by atomic mass is 79.9. The van der Waals surface area contributed by atoms with Crippen molar-refractivity contribution in [2.45, 2.75) is 0 Å². The Morgan fingerprint density at radius 2 is 2.13 bits per heavy atom. The Morgan fingerprint density at radius 3 is 2.70 bits per heavy atom. The van der Waals surface area contributed by atoms with Crippen molar-refractivity contribution in [2.24, 2.45) is 0 Å². The average Bonchev–Trinajstić information content (AvgIpc) is 2.76. The number of hydrogen-bond acceptors (Lipinski definition) is 7. The number of aliphatic hydroxyl groups is 1. The maximum atomic E-state index is 12.1. The summed E-state index contributed by atoms with van der Waals surface area (Å²) in [4.78, 5) is 34.7. The number of nitro benzene ring substituents is 1. The summed E-state index contributed by atoms with van der Waals surface area (Å²) >= 11 is 3.10. The molecule has 2 amide bonds. The lowest BCUT2D eigenvalue weighted by Crippen LogP contribution is -2.34. The van der Waals surface area contributed by atoms with Gasteiger partial charge in [0.1, 0.15) is 11.8 Å². The van der Waals surface area contributed by atoms with E-state index in [2.05, 4.69) is 21.2 Å². The highest BCUT2D eigenvalue weighted by molar-refractivity contribution is 9.10. The van der Waals surface area contributed by atoms with Crippen LogP contribution in [0.1, 0.15) is 5.56 Å². The maximum Gasteiger partial charge on any atom is 0.277 e. The number of nitro groups is 1. The Morgan fingerprint density at radius 1 is 1.43 bits per heavy atom. The number of anilines is 1. The number of benzene rings is 1. The molecule has 0 saturated carbocycles. The van der Waals surface area contributed by atoms with Crippen LogP contribution in [0.4, 0.5) is 11.4 Å². The molecule has 0 aromatic heterocycles. The van der Waals surface area contributed by atoms with E-state index in [4.69, 9.17) is 10.4 Å². The van der Waals surface area contributed by atoms with Crippen LogP contribution in [-0.2, 0) is 9.59 Å². The molecule has 9 nitrogen and oxygen atoms in total. The molecule has 10 heteroatoms. The Bertz CT molecular complexity index is 783. The Balaban J connectivity index is 2.37. The highest BCUT2D eigenvalue weighted by Crippen LogP contribution is 2.33. The van der Waals surface area contributed by atoms with Crippen LogP contribution in [0.2, 0.25) is 0 Å². The normalized spacial score (nSPS) is 13.8. The third-order valence-electron chi connectivity index (χ3n) is 3.00. The average molecular weight is 381 g/mol. The Kier molecular flexibility index (Phi) is 4.73. The first-order valence-electron chi connectivity index (χ1n) is 6.22. The second kappa shape index (κ2) is 6.55. The number of aliphatic hydroxyl groups excluding tert-OH is 1. The lowest BCUT2D eigenvalue weighted by atomic mass is 10.1. The number of carbonyl (C=O) groups is 2. The van der Waals surface area contributed by atoms with Gasteiger partial charge < -0.3 is 10.4 Å². The number of rotatable bonds is 5. The number of hydrogen-bond donors (Lipinski definition) is 2. The molecule has 1 heterocycles. The van der Waals surface area contributed by atoms with Crippen molar-refractivity contribution < 1.29 is 19.6 Å². The topological polar surface area (TPSA) is 137 Å². The van der Waals surface area contributed by atoms with Crippen molar-refractivity contribution in [2.75, 3.05) is 18.5 Å². The van der Waals surface area contributed by atoms with E-state index in [1.54, 1.807) is 6.07 Å². The Hall–Kier alpha value is -2.77. The molecular weight excluding hydrogens is 372 g/mol. The van der Waals surface area contributed by atoms with E-state index in [0.29, 0.717) is 0 Å². The summed E-state index contributed by atoms with van der Waals surface area (Å²) in [7, 11) is 0. The fraction of sp³-hybridized carbons (Fsp3) is 0.154. The van der Waals surface area contributed by atoms with Gasteiger partial charge in [0.15, 0.2) is 0 Å². The summed E-state index contributed by atoms with van der Waals surface area (Å²) in [6, 6.07) is 4.03. The number of halogens is 1. The first-order valence-corrected chi connectivity index (χ1v) is 7.01. The van der Waals surface area contributed by atoms with Gasteiger partial charge in [-0.05, 0) is 15.9 Å². The predicted molar refractivity (Wildman–Crippen MR) is 81.0 cm³/mol. The molecule has 118 valence electrons. The lowest BCUT2D eigenvalue weighted by molar-refractivity contribution is -0.384. The van der Waals surface area contributed by atoms with E-state index >= 15 is 0 Å². The lowest BCUT2D eigenvalue weighted by Gasteiger charge is -2.14. The number of non-ortho nitro benzene ring substituents is 1. The first-order chi connectivity index (χ1) is 10.9. The molecule has 0 fully saturated rings. The van der Waals surface area contributed by atoms with E-state index in [0.717, 1.165) is 17.0 Å². The summed E-state index contributed by atoms with van der Waals surface area (Å²) in [6.07, 6.45) is 1.03. The zero-order chi connectivity index (χ0) is 17.1. The largest absolute Gasteiger partial charge is 0.395 e. The molecule has 1 aliphatic rings. The van der Waals surface area contributed by atoms with Crippen LogP contribution in [0.15, 0.2) is 28.4 Å². The molecule has 2 rings (SSSR count). The van der Waals surface area contributed by atoms with Crippen LogP contribution in [0.5, 0.6) is 0 Å². The zero-order valence-corrected chi connectivity index (χ0v) is 13.0. The summed E-state index contributed by atoms with van der Waals surface area (Å²) in [6.45, 7) is -0.519. The van der Waals surface area contributed by atoms with Gasteiger partial charge in [0.25, 0.3) is 17.5 Å². The van der Waals surface area contributed by atoms with Crippen molar-refractivity contribution in [3.8, 4) is 6.07 Å². The van der Waals surface area contributed by atoms with Crippen LogP contribution in [-0.4, -0.2) is 39.9 Å². The van der Waals surface area contributed by atoms with Crippen molar-refractivity contribution >= 4 is 39.1 Å². The van der Waals surface area contributed by atoms with E-state index < -0.39 is 16.7 Å². The zero-order valence-electron chi connectivity index (χ0n) is 11.4. The molecule has 0 saturated heterocycles. The number of carbonyl (C=O) groups excluding carboxylic acids is 2. The Labute approximate surface area is 138 Å². The van der Waals surface area contributed by atoms with Gasteiger partial charge in [0.05, 0.1) is 29.3 Å². The van der Waals surface area contributed by atoms with Gasteiger partial charge in [0, 0.05) is 22.7 Å². The second-order valence-corrected chi connectivity index (χ2v) is 5.28. The smallest absolute Gasteiger partial charge is 0.277 e. The molecule has 0 radical (unpaired) electrons. The number of nitrogens with one attached hydrogen (secondary N) is 1. The standard InChI is InChI=1S/C13H9BrN4O5/c14-9-4-8(18(22)23)3-7(6-15)12(9)16-10-5-11(20)17(1-2-19)13(10)21/h3-5,16,19H,1-2H2.